The molecule has 0 heterocycles. The Morgan fingerprint density at radius 1 is 1.62 bits per heavy atom. The van der Waals surface area contributed by atoms with Crippen molar-refractivity contribution in [3.63, 3.8) is 0 Å². The molecular weight excluding hydrogens is 168 g/mol. The molecule has 0 aromatic carbocycles. The standard InChI is InChI=1S/C9H20N2O2/c1-8(7-10-2)9(12)11(3)5-6-13-4/h8,10H,5-7H2,1-4H3. The van der Waals surface area contributed by atoms with E-state index in [2.05, 4.69) is 5.32 Å². The fraction of sp³-hybridized carbons (Fsp3) is 0.889. The maximum absolute atomic E-state index is 11.6. The number of methoxy groups -OCH3 is 1. The zero-order chi connectivity index (χ0) is 10.3. The summed E-state index contributed by atoms with van der Waals surface area (Å²) in [7, 11) is 5.28. The van der Waals surface area contributed by atoms with Gasteiger partial charge in [-0.15, -0.1) is 0 Å². The summed E-state index contributed by atoms with van der Waals surface area (Å²) in [4.78, 5) is 13.3. The number of hydrogen-bond donors (Lipinski definition) is 1. The number of rotatable bonds is 6. The number of carbonyl (C=O) groups excluding carboxylic acids is 1. The molecule has 1 amide bonds. The highest BCUT2D eigenvalue weighted by Crippen LogP contribution is 1.98. The number of nitrogens with zero attached hydrogens (tertiary/aromatic N) is 1. The normalized spacial score (nSPS) is 12.6. The second-order valence-corrected chi connectivity index (χ2v) is 3.21. The van der Waals surface area contributed by atoms with Crippen molar-refractivity contribution in [3.8, 4) is 0 Å². The maximum atomic E-state index is 11.6. The molecule has 4 heteroatoms. The van der Waals surface area contributed by atoms with E-state index in [9.17, 15) is 4.79 Å². The van der Waals surface area contributed by atoms with E-state index in [1.54, 1.807) is 19.1 Å². The van der Waals surface area contributed by atoms with E-state index in [1.165, 1.54) is 0 Å². The summed E-state index contributed by atoms with van der Waals surface area (Å²) in [6.45, 7) is 3.89. The highest BCUT2D eigenvalue weighted by atomic mass is 16.5. The molecule has 0 radical (unpaired) electrons. The van der Waals surface area contributed by atoms with Crippen LogP contribution in [0.1, 0.15) is 6.92 Å². The zero-order valence-electron chi connectivity index (χ0n) is 8.96. The second-order valence-electron chi connectivity index (χ2n) is 3.21. The highest BCUT2D eigenvalue weighted by molar-refractivity contribution is 5.78. The van der Waals surface area contributed by atoms with Gasteiger partial charge in [-0.3, -0.25) is 4.79 Å². The van der Waals surface area contributed by atoms with Crippen LogP contribution >= 0.6 is 0 Å². The number of amides is 1. The Balaban J connectivity index is 3.79. The SMILES string of the molecule is CNCC(C)C(=O)N(C)CCOC. The molecular formula is C9H20N2O2. The van der Waals surface area contributed by atoms with Gasteiger partial charge in [-0.2, -0.15) is 0 Å². The number of carbonyl (C=O) groups is 1. The van der Waals surface area contributed by atoms with Gasteiger partial charge < -0.3 is 15.0 Å². The van der Waals surface area contributed by atoms with Crippen LogP contribution in [0.3, 0.4) is 0 Å². The molecule has 0 fully saturated rings. The van der Waals surface area contributed by atoms with Gasteiger partial charge in [-0.1, -0.05) is 6.92 Å². The predicted molar refractivity (Wildman–Crippen MR) is 52.6 cm³/mol. The Morgan fingerprint density at radius 3 is 2.69 bits per heavy atom. The van der Waals surface area contributed by atoms with Crippen molar-refractivity contribution in [1.29, 1.82) is 0 Å². The molecule has 0 spiro atoms. The lowest BCUT2D eigenvalue weighted by molar-refractivity contribution is -0.134. The molecule has 0 rings (SSSR count). The molecule has 0 aromatic rings. The lowest BCUT2D eigenvalue weighted by atomic mass is 10.1. The Bertz CT molecular complexity index is 151. The molecule has 78 valence electrons. The average Bonchev–Trinajstić information content (AvgIpc) is 2.13. The van der Waals surface area contributed by atoms with Crippen molar-refractivity contribution >= 4 is 5.91 Å². The summed E-state index contributed by atoms with van der Waals surface area (Å²) in [6, 6.07) is 0. The number of nitrogens with one attached hydrogen (secondary N) is 1. The summed E-state index contributed by atoms with van der Waals surface area (Å²) in [5.41, 5.74) is 0. The fourth-order valence-electron chi connectivity index (χ4n) is 1.11. The first-order chi connectivity index (χ1) is 6.13. The van der Waals surface area contributed by atoms with Crippen LogP contribution in [0.15, 0.2) is 0 Å². The van der Waals surface area contributed by atoms with Crippen molar-refractivity contribution in [2.24, 2.45) is 5.92 Å². The molecule has 0 saturated carbocycles. The minimum Gasteiger partial charge on any atom is -0.383 e. The van der Waals surface area contributed by atoms with Gasteiger partial charge in [-0.25, -0.2) is 0 Å². The minimum atomic E-state index is 0.0341. The summed E-state index contributed by atoms with van der Waals surface area (Å²) < 4.78 is 4.89. The summed E-state index contributed by atoms with van der Waals surface area (Å²) in [5.74, 6) is 0.193. The first-order valence-electron chi connectivity index (χ1n) is 4.52. The van der Waals surface area contributed by atoms with Gasteiger partial charge in [-0.05, 0) is 7.05 Å². The van der Waals surface area contributed by atoms with Crippen molar-refractivity contribution in [2.45, 2.75) is 6.92 Å². The van der Waals surface area contributed by atoms with Gasteiger partial charge in [0, 0.05) is 33.2 Å². The topological polar surface area (TPSA) is 41.6 Å². The van der Waals surface area contributed by atoms with Gasteiger partial charge >= 0.3 is 0 Å². The Hall–Kier alpha value is -0.610. The predicted octanol–water partition coefficient (Wildman–Crippen LogP) is -0.0533. The van der Waals surface area contributed by atoms with Crippen LogP contribution in [-0.4, -0.2) is 51.7 Å². The van der Waals surface area contributed by atoms with E-state index in [0.29, 0.717) is 13.2 Å². The quantitative estimate of drug-likeness (QED) is 0.635. The van der Waals surface area contributed by atoms with Gasteiger partial charge in [0.15, 0.2) is 0 Å². The first kappa shape index (κ1) is 12.4. The van der Waals surface area contributed by atoms with Gasteiger partial charge in [0.2, 0.25) is 5.91 Å². The van der Waals surface area contributed by atoms with Gasteiger partial charge in [0.1, 0.15) is 0 Å². The molecule has 1 unspecified atom stereocenters. The van der Waals surface area contributed by atoms with Crippen LogP contribution in [-0.2, 0) is 9.53 Å². The monoisotopic (exact) mass is 188 g/mol. The van der Waals surface area contributed by atoms with E-state index >= 15 is 0 Å². The first-order valence-corrected chi connectivity index (χ1v) is 4.52. The average molecular weight is 188 g/mol. The molecule has 0 aliphatic carbocycles. The molecule has 0 saturated heterocycles. The highest BCUT2D eigenvalue weighted by Gasteiger charge is 2.15. The molecule has 1 N–H and O–H groups in total. The van der Waals surface area contributed by atoms with Crippen molar-refractivity contribution in [3.05, 3.63) is 0 Å². The van der Waals surface area contributed by atoms with E-state index < -0.39 is 0 Å². The van der Waals surface area contributed by atoms with E-state index in [-0.39, 0.29) is 11.8 Å². The van der Waals surface area contributed by atoms with Gasteiger partial charge in [0.25, 0.3) is 0 Å². The van der Waals surface area contributed by atoms with Crippen LogP contribution in [0.5, 0.6) is 0 Å². The van der Waals surface area contributed by atoms with Crippen molar-refractivity contribution < 1.29 is 9.53 Å². The van der Waals surface area contributed by atoms with Crippen molar-refractivity contribution in [2.75, 3.05) is 40.9 Å². The number of ether oxygens (including phenoxy) is 1. The van der Waals surface area contributed by atoms with Crippen LogP contribution < -0.4 is 5.32 Å². The Labute approximate surface area is 80.2 Å². The zero-order valence-corrected chi connectivity index (χ0v) is 8.96. The summed E-state index contributed by atoms with van der Waals surface area (Å²) >= 11 is 0. The minimum absolute atomic E-state index is 0.0341. The molecule has 0 aliphatic heterocycles. The maximum Gasteiger partial charge on any atom is 0.226 e. The van der Waals surface area contributed by atoms with Crippen LogP contribution in [0.25, 0.3) is 0 Å². The molecule has 0 aromatic heterocycles. The molecule has 1 atom stereocenters. The third-order valence-corrected chi connectivity index (χ3v) is 1.94. The van der Waals surface area contributed by atoms with E-state index in [4.69, 9.17) is 4.74 Å². The second kappa shape index (κ2) is 6.86. The lowest BCUT2D eigenvalue weighted by Crippen LogP contribution is -2.37. The lowest BCUT2D eigenvalue weighted by Gasteiger charge is -2.20. The smallest absolute Gasteiger partial charge is 0.226 e. The third-order valence-electron chi connectivity index (χ3n) is 1.94. The molecule has 4 nitrogen and oxygen atoms in total. The third kappa shape index (κ3) is 4.85. The van der Waals surface area contributed by atoms with Crippen molar-refractivity contribution in [1.82, 2.24) is 10.2 Å². The molecule has 13 heavy (non-hydrogen) atoms. The Morgan fingerprint density at radius 2 is 2.23 bits per heavy atom. The van der Waals surface area contributed by atoms with Gasteiger partial charge in [0.05, 0.1) is 6.61 Å². The fourth-order valence-corrected chi connectivity index (χ4v) is 1.11. The molecule has 0 bridgehead atoms. The van der Waals surface area contributed by atoms with Crippen LogP contribution in [0.4, 0.5) is 0 Å². The van der Waals surface area contributed by atoms with Crippen LogP contribution in [0.2, 0.25) is 0 Å². The number of hydrogen-bond acceptors (Lipinski definition) is 3. The largest absolute Gasteiger partial charge is 0.383 e. The van der Waals surface area contributed by atoms with E-state index in [0.717, 1.165) is 6.54 Å². The summed E-state index contributed by atoms with van der Waals surface area (Å²) in [6.07, 6.45) is 0. The van der Waals surface area contributed by atoms with E-state index in [1.807, 2.05) is 14.0 Å². The summed E-state index contributed by atoms with van der Waals surface area (Å²) in [5, 5.41) is 2.98. The molecule has 0 aliphatic rings. The van der Waals surface area contributed by atoms with Crippen LogP contribution in [0, 0.1) is 5.92 Å². The number of likely N-dealkylation sites (N-methyl/N-ethyl adjacent to an activating group) is 1. The Kier molecular flexibility index (Phi) is 6.54.